The Balaban J connectivity index is 1.51. The van der Waals surface area contributed by atoms with Crippen molar-refractivity contribution in [3.8, 4) is 0 Å². The number of benzene rings is 1. The molecule has 25 heavy (non-hydrogen) atoms. The Labute approximate surface area is 154 Å². The maximum Gasteiger partial charge on any atom is 0.0589 e. The standard InChI is InChI=1S/C22H36N2O/c1-4-9-23(12-13-25-3)17-19-15-20(16-19)22-8-7-21(14-18(22)2)24-10-5-6-11-24/h7-8,14,19-20H,4-6,9-13,15-17H2,1-3H3. The Bertz CT molecular complexity index is 533. The molecule has 2 fully saturated rings. The fourth-order valence-electron chi connectivity index (χ4n) is 4.62. The first kappa shape index (κ1) is 18.7. The molecule has 140 valence electrons. The van der Waals surface area contributed by atoms with Gasteiger partial charge in [-0.25, -0.2) is 0 Å². The summed E-state index contributed by atoms with van der Waals surface area (Å²) in [5.74, 6) is 1.65. The summed E-state index contributed by atoms with van der Waals surface area (Å²) in [6.07, 6.45) is 6.65. The van der Waals surface area contributed by atoms with Crippen LogP contribution in [0.4, 0.5) is 5.69 Å². The molecule has 2 aliphatic rings. The molecule has 0 spiro atoms. The van der Waals surface area contributed by atoms with Gasteiger partial charge in [0, 0.05) is 39.0 Å². The first-order valence-corrected chi connectivity index (χ1v) is 10.3. The van der Waals surface area contributed by atoms with Gasteiger partial charge in [0.15, 0.2) is 0 Å². The van der Waals surface area contributed by atoms with E-state index in [0.29, 0.717) is 0 Å². The molecule has 1 aliphatic heterocycles. The minimum atomic E-state index is 0.781. The van der Waals surface area contributed by atoms with Crippen molar-refractivity contribution in [1.29, 1.82) is 0 Å². The summed E-state index contributed by atoms with van der Waals surface area (Å²) in [6.45, 7) is 11.4. The van der Waals surface area contributed by atoms with Gasteiger partial charge in [-0.2, -0.15) is 0 Å². The predicted molar refractivity (Wildman–Crippen MR) is 107 cm³/mol. The summed E-state index contributed by atoms with van der Waals surface area (Å²) in [4.78, 5) is 5.13. The number of hydrogen-bond donors (Lipinski definition) is 0. The molecule has 0 aromatic heterocycles. The van der Waals surface area contributed by atoms with Crippen LogP contribution in [-0.4, -0.2) is 51.3 Å². The lowest BCUT2D eigenvalue weighted by molar-refractivity contribution is 0.113. The molecule has 0 N–H and O–H groups in total. The van der Waals surface area contributed by atoms with Crippen LogP contribution in [0.5, 0.6) is 0 Å². The van der Waals surface area contributed by atoms with Gasteiger partial charge in [-0.15, -0.1) is 0 Å². The minimum Gasteiger partial charge on any atom is -0.383 e. The average molecular weight is 345 g/mol. The molecule has 1 aromatic carbocycles. The van der Waals surface area contributed by atoms with E-state index in [4.69, 9.17) is 4.74 Å². The lowest BCUT2D eigenvalue weighted by atomic mass is 9.70. The van der Waals surface area contributed by atoms with Crippen LogP contribution in [0.2, 0.25) is 0 Å². The SMILES string of the molecule is CCCN(CCOC)CC1CC(c2ccc(N3CCCC3)cc2C)C1. The molecule has 0 atom stereocenters. The number of anilines is 1. The Morgan fingerprint density at radius 2 is 1.92 bits per heavy atom. The van der Waals surface area contributed by atoms with Gasteiger partial charge >= 0.3 is 0 Å². The minimum absolute atomic E-state index is 0.781. The number of rotatable bonds is 9. The highest BCUT2D eigenvalue weighted by Gasteiger charge is 2.32. The van der Waals surface area contributed by atoms with Crippen LogP contribution in [0.25, 0.3) is 0 Å². The first-order valence-electron chi connectivity index (χ1n) is 10.3. The van der Waals surface area contributed by atoms with Crippen molar-refractivity contribution >= 4 is 5.69 Å². The lowest BCUT2D eigenvalue weighted by Gasteiger charge is -2.39. The quantitative estimate of drug-likeness (QED) is 0.658. The van der Waals surface area contributed by atoms with E-state index in [0.717, 1.165) is 25.0 Å². The first-order chi connectivity index (χ1) is 12.2. The highest BCUT2D eigenvalue weighted by atomic mass is 16.5. The van der Waals surface area contributed by atoms with Crippen molar-refractivity contribution in [2.24, 2.45) is 5.92 Å². The summed E-state index contributed by atoms with van der Waals surface area (Å²) < 4.78 is 5.27. The third-order valence-electron chi connectivity index (χ3n) is 6.07. The van der Waals surface area contributed by atoms with Crippen molar-refractivity contribution in [3.05, 3.63) is 29.3 Å². The number of aryl methyl sites for hydroxylation is 1. The Hall–Kier alpha value is -1.06. The molecule has 0 radical (unpaired) electrons. The predicted octanol–water partition coefficient (Wildman–Crippen LogP) is 4.45. The van der Waals surface area contributed by atoms with Crippen LogP contribution >= 0.6 is 0 Å². The number of nitrogens with zero attached hydrogens (tertiary/aromatic N) is 2. The largest absolute Gasteiger partial charge is 0.383 e. The fraction of sp³-hybridized carbons (Fsp3) is 0.727. The molecule has 0 bridgehead atoms. The third-order valence-corrected chi connectivity index (χ3v) is 6.07. The van der Waals surface area contributed by atoms with E-state index >= 15 is 0 Å². The zero-order valence-corrected chi connectivity index (χ0v) is 16.5. The second-order valence-electron chi connectivity index (χ2n) is 8.06. The summed E-state index contributed by atoms with van der Waals surface area (Å²) in [5, 5.41) is 0. The van der Waals surface area contributed by atoms with Crippen LogP contribution in [-0.2, 0) is 4.74 Å². The summed E-state index contributed by atoms with van der Waals surface area (Å²) in [6, 6.07) is 7.21. The molecule has 0 unspecified atom stereocenters. The molecule has 3 nitrogen and oxygen atoms in total. The van der Waals surface area contributed by atoms with Gasteiger partial charge in [0.1, 0.15) is 0 Å². The average Bonchev–Trinajstić information content (AvgIpc) is 3.10. The van der Waals surface area contributed by atoms with Crippen LogP contribution in [0, 0.1) is 12.8 Å². The number of hydrogen-bond acceptors (Lipinski definition) is 3. The smallest absolute Gasteiger partial charge is 0.0589 e. The summed E-state index contributed by atoms with van der Waals surface area (Å²) in [7, 11) is 1.80. The normalized spacial score (nSPS) is 23.3. The van der Waals surface area contributed by atoms with Crippen LogP contribution in [0.3, 0.4) is 0 Å². The Morgan fingerprint density at radius 3 is 2.56 bits per heavy atom. The molecule has 1 saturated heterocycles. The zero-order chi connectivity index (χ0) is 17.6. The van der Waals surface area contributed by atoms with Gasteiger partial charge in [-0.1, -0.05) is 13.0 Å². The maximum atomic E-state index is 5.27. The van der Waals surface area contributed by atoms with Crippen molar-refractivity contribution in [1.82, 2.24) is 4.90 Å². The van der Waals surface area contributed by atoms with E-state index in [1.165, 1.54) is 69.5 Å². The summed E-state index contributed by atoms with van der Waals surface area (Å²) in [5.41, 5.74) is 4.53. The topological polar surface area (TPSA) is 15.7 Å². The van der Waals surface area contributed by atoms with E-state index in [2.05, 4.69) is 41.8 Å². The van der Waals surface area contributed by atoms with Crippen molar-refractivity contribution in [3.63, 3.8) is 0 Å². The van der Waals surface area contributed by atoms with Crippen molar-refractivity contribution in [2.75, 3.05) is 51.3 Å². The lowest BCUT2D eigenvalue weighted by Crippen LogP contribution is -2.37. The molecule has 1 heterocycles. The van der Waals surface area contributed by atoms with Crippen molar-refractivity contribution in [2.45, 2.75) is 51.9 Å². The molecule has 3 rings (SSSR count). The maximum absolute atomic E-state index is 5.27. The van der Waals surface area contributed by atoms with Gasteiger partial charge in [-0.3, -0.25) is 0 Å². The van der Waals surface area contributed by atoms with Crippen molar-refractivity contribution < 1.29 is 4.74 Å². The van der Waals surface area contributed by atoms with Gasteiger partial charge < -0.3 is 14.5 Å². The van der Waals surface area contributed by atoms with E-state index < -0.39 is 0 Å². The monoisotopic (exact) mass is 344 g/mol. The van der Waals surface area contributed by atoms with E-state index in [1.807, 2.05) is 0 Å². The van der Waals surface area contributed by atoms with Crippen LogP contribution < -0.4 is 4.90 Å². The molecule has 1 aromatic rings. The highest BCUT2D eigenvalue weighted by Crippen LogP contribution is 2.43. The molecular weight excluding hydrogens is 308 g/mol. The number of ether oxygens (including phenoxy) is 1. The number of methoxy groups -OCH3 is 1. The van der Waals surface area contributed by atoms with Crippen LogP contribution in [0.15, 0.2) is 18.2 Å². The van der Waals surface area contributed by atoms with E-state index in [1.54, 1.807) is 12.7 Å². The molecule has 1 saturated carbocycles. The Kier molecular flexibility index (Phi) is 6.77. The fourth-order valence-corrected chi connectivity index (χ4v) is 4.62. The highest BCUT2D eigenvalue weighted by molar-refractivity contribution is 5.52. The van der Waals surface area contributed by atoms with Crippen LogP contribution in [0.1, 0.15) is 56.1 Å². The van der Waals surface area contributed by atoms with Gasteiger partial charge in [0.25, 0.3) is 0 Å². The molecule has 3 heteroatoms. The van der Waals surface area contributed by atoms with Gasteiger partial charge in [0.2, 0.25) is 0 Å². The molecule has 0 amide bonds. The molecular formula is C22H36N2O. The second kappa shape index (κ2) is 9.05. The van der Waals surface area contributed by atoms with E-state index in [9.17, 15) is 0 Å². The van der Waals surface area contributed by atoms with Gasteiger partial charge in [0.05, 0.1) is 6.61 Å². The summed E-state index contributed by atoms with van der Waals surface area (Å²) >= 11 is 0. The Morgan fingerprint density at radius 1 is 1.16 bits per heavy atom. The second-order valence-corrected chi connectivity index (χ2v) is 8.06. The van der Waals surface area contributed by atoms with Gasteiger partial charge in [-0.05, 0) is 80.7 Å². The van der Waals surface area contributed by atoms with E-state index in [-0.39, 0.29) is 0 Å². The third kappa shape index (κ3) is 4.77. The zero-order valence-electron chi connectivity index (χ0n) is 16.5. The molecule has 1 aliphatic carbocycles.